The van der Waals surface area contributed by atoms with Gasteiger partial charge in [0.25, 0.3) is 0 Å². The zero-order valence-electron chi connectivity index (χ0n) is 14.0. The molecule has 1 unspecified atom stereocenters. The summed E-state index contributed by atoms with van der Waals surface area (Å²) < 4.78 is 27.4. The third kappa shape index (κ3) is 4.15. The monoisotopic (exact) mass is 390 g/mol. The molecule has 1 amide bonds. The highest BCUT2D eigenvalue weighted by atomic mass is 35.5. The average Bonchev–Trinajstić information content (AvgIpc) is 3.05. The predicted octanol–water partition coefficient (Wildman–Crippen LogP) is 2.93. The first-order valence-corrected chi connectivity index (χ1v) is 10.1. The van der Waals surface area contributed by atoms with Gasteiger partial charge in [-0.15, -0.1) is 0 Å². The first-order chi connectivity index (χ1) is 12.5. The van der Waals surface area contributed by atoms with E-state index in [4.69, 9.17) is 11.6 Å². The first-order valence-electron chi connectivity index (χ1n) is 8.25. The van der Waals surface area contributed by atoms with Crippen LogP contribution < -0.4 is 5.32 Å². The minimum atomic E-state index is -3.83. The fourth-order valence-corrected chi connectivity index (χ4v) is 4.54. The largest absolute Gasteiger partial charge is 0.355 e. The van der Waals surface area contributed by atoms with Crippen molar-refractivity contribution in [3.8, 4) is 0 Å². The van der Waals surface area contributed by atoms with Crippen molar-refractivity contribution in [2.24, 2.45) is 0 Å². The molecule has 0 aromatic heterocycles. The molecule has 0 bridgehead atoms. The fraction of sp³-hybridized carbons (Fsp3) is 0.211. The van der Waals surface area contributed by atoms with Gasteiger partial charge < -0.3 is 5.32 Å². The molecule has 0 spiro atoms. The molecule has 7 heteroatoms. The number of carbonyl (C=O) groups excluding carboxylic acids is 1. The van der Waals surface area contributed by atoms with Gasteiger partial charge in [-0.3, -0.25) is 4.79 Å². The van der Waals surface area contributed by atoms with Crippen LogP contribution in [-0.4, -0.2) is 37.8 Å². The first kappa shape index (κ1) is 18.6. The summed E-state index contributed by atoms with van der Waals surface area (Å²) in [5, 5.41) is 3.16. The molecular weight excluding hydrogens is 372 g/mol. The van der Waals surface area contributed by atoms with E-state index in [1.54, 1.807) is 6.08 Å². The number of benzene rings is 2. The summed E-state index contributed by atoms with van der Waals surface area (Å²) in [7, 11) is -3.83. The van der Waals surface area contributed by atoms with Gasteiger partial charge >= 0.3 is 0 Å². The van der Waals surface area contributed by atoms with Gasteiger partial charge in [0.05, 0.1) is 4.90 Å². The SMILES string of the molecule is O=C1NCCC1N(C/C=C/c1ccccc1)S(=O)(=O)c1ccc(Cl)cc1. The molecule has 1 aliphatic rings. The van der Waals surface area contributed by atoms with Crippen LogP contribution in [-0.2, 0) is 14.8 Å². The molecule has 1 atom stereocenters. The molecule has 1 fully saturated rings. The van der Waals surface area contributed by atoms with E-state index in [9.17, 15) is 13.2 Å². The van der Waals surface area contributed by atoms with E-state index in [2.05, 4.69) is 5.32 Å². The van der Waals surface area contributed by atoms with Crippen LogP contribution in [0.3, 0.4) is 0 Å². The smallest absolute Gasteiger partial charge is 0.244 e. The van der Waals surface area contributed by atoms with Gasteiger partial charge in [-0.1, -0.05) is 54.1 Å². The van der Waals surface area contributed by atoms with Crippen molar-refractivity contribution in [2.45, 2.75) is 17.4 Å². The molecule has 136 valence electrons. The van der Waals surface area contributed by atoms with E-state index in [1.807, 2.05) is 36.4 Å². The molecule has 26 heavy (non-hydrogen) atoms. The molecule has 0 saturated carbocycles. The Morgan fingerprint density at radius 2 is 1.81 bits per heavy atom. The second kappa shape index (κ2) is 8.03. The Kier molecular flexibility index (Phi) is 5.76. The van der Waals surface area contributed by atoms with Crippen molar-refractivity contribution < 1.29 is 13.2 Å². The molecule has 0 radical (unpaired) electrons. The normalized spacial score (nSPS) is 17.8. The standard InChI is InChI=1S/C19H19ClN2O3S/c20-16-8-10-17(11-9-16)26(24,25)22(18-12-13-21-19(18)23)14-4-7-15-5-2-1-3-6-15/h1-11,18H,12-14H2,(H,21,23)/b7-4+. The molecule has 1 aliphatic heterocycles. The lowest BCUT2D eigenvalue weighted by molar-refractivity contribution is -0.122. The number of nitrogens with one attached hydrogen (secondary N) is 1. The number of sulfonamides is 1. The number of carbonyl (C=O) groups is 1. The summed E-state index contributed by atoms with van der Waals surface area (Å²) in [6.45, 7) is 0.580. The van der Waals surface area contributed by atoms with Crippen LogP contribution in [0, 0.1) is 0 Å². The highest BCUT2D eigenvalue weighted by Gasteiger charge is 2.37. The molecular formula is C19H19ClN2O3S. The zero-order valence-corrected chi connectivity index (χ0v) is 15.6. The van der Waals surface area contributed by atoms with Crippen LogP contribution in [0.1, 0.15) is 12.0 Å². The minimum Gasteiger partial charge on any atom is -0.355 e. The second-order valence-electron chi connectivity index (χ2n) is 5.94. The summed E-state index contributed by atoms with van der Waals surface area (Å²) in [6.07, 6.45) is 4.05. The molecule has 3 rings (SSSR count). The molecule has 1 heterocycles. The highest BCUT2D eigenvalue weighted by molar-refractivity contribution is 7.89. The predicted molar refractivity (Wildman–Crippen MR) is 102 cm³/mol. The molecule has 2 aromatic rings. The molecule has 1 N–H and O–H groups in total. The summed E-state index contributed by atoms with van der Waals surface area (Å²) in [5.41, 5.74) is 0.965. The topological polar surface area (TPSA) is 66.5 Å². The van der Waals surface area contributed by atoms with Crippen LogP contribution in [0.25, 0.3) is 6.08 Å². The summed E-state index contributed by atoms with van der Waals surface area (Å²) in [4.78, 5) is 12.2. The lowest BCUT2D eigenvalue weighted by atomic mass is 10.2. The number of amides is 1. The number of hydrogen-bond acceptors (Lipinski definition) is 3. The Labute approximate surface area is 158 Å². The van der Waals surface area contributed by atoms with Crippen LogP contribution in [0.4, 0.5) is 0 Å². The van der Waals surface area contributed by atoms with Crippen molar-refractivity contribution in [3.63, 3.8) is 0 Å². The Morgan fingerprint density at radius 3 is 2.42 bits per heavy atom. The fourth-order valence-electron chi connectivity index (χ4n) is 2.85. The molecule has 1 saturated heterocycles. The minimum absolute atomic E-state index is 0.109. The lowest BCUT2D eigenvalue weighted by Crippen LogP contribution is -2.44. The van der Waals surface area contributed by atoms with E-state index < -0.39 is 16.1 Å². The van der Waals surface area contributed by atoms with Crippen LogP contribution in [0.15, 0.2) is 65.6 Å². The number of hydrogen-bond donors (Lipinski definition) is 1. The second-order valence-corrected chi connectivity index (χ2v) is 8.26. The van der Waals surface area contributed by atoms with Gasteiger partial charge in [-0.25, -0.2) is 8.42 Å². The van der Waals surface area contributed by atoms with Crippen molar-refractivity contribution in [1.29, 1.82) is 0 Å². The molecule has 0 aliphatic carbocycles. The maximum Gasteiger partial charge on any atom is 0.244 e. The summed E-state index contributed by atoms with van der Waals surface area (Å²) in [6, 6.07) is 14.8. The van der Waals surface area contributed by atoms with Gasteiger partial charge in [0.1, 0.15) is 6.04 Å². The van der Waals surface area contributed by atoms with Crippen LogP contribution in [0.5, 0.6) is 0 Å². The third-order valence-corrected chi connectivity index (χ3v) is 6.32. The number of nitrogens with zero attached hydrogens (tertiary/aromatic N) is 1. The van der Waals surface area contributed by atoms with Gasteiger partial charge in [-0.2, -0.15) is 4.31 Å². The van der Waals surface area contributed by atoms with Gasteiger partial charge in [0.2, 0.25) is 15.9 Å². The quantitative estimate of drug-likeness (QED) is 0.824. The van der Waals surface area contributed by atoms with Gasteiger partial charge in [0.15, 0.2) is 0 Å². The Balaban J connectivity index is 1.89. The van der Waals surface area contributed by atoms with Crippen LogP contribution in [0.2, 0.25) is 5.02 Å². The highest BCUT2D eigenvalue weighted by Crippen LogP contribution is 2.23. The summed E-state index contributed by atoms with van der Waals surface area (Å²) in [5.74, 6) is -0.268. The third-order valence-electron chi connectivity index (χ3n) is 4.18. The average molecular weight is 391 g/mol. The molecule has 2 aromatic carbocycles. The zero-order chi connectivity index (χ0) is 18.6. The van der Waals surface area contributed by atoms with E-state index in [1.165, 1.54) is 28.6 Å². The van der Waals surface area contributed by atoms with Gasteiger partial charge in [-0.05, 0) is 36.2 Å². The van der Waals surface area contributed by atoms with Crippen molar-refractivity contribution >= 4 is 33.6 Å². The lowest BCUT2D eigenvalue weighted by Gasteiger charge is -2.25. The van der Waals surface area contributed by atoms with E-state index in [-0.39, 0.29) is 17.3 Å². The van der Waals surface area contributed by atoms with Crippen LogP contribution >= 0.6 is 11.6 Å². The Hall–Kier alpha value is -2.15. The van der Waals surface area contributed by atoms with E-state index in [0.29, 0.717) is 18.0 Å². The van der Waals surface area contributed by atoms with Crippen molar-refractivity contribution in [3.05, 3.63) is 71.3 Å². The maximum atomic E-state index is 13.1. The Bertz CT molecular complexity index is 896. The molecule has 5 nitrogen and oxygen atoms in total. The van der Waals surface area contributed by atoms with E-state index >= 15 is 0 Å². The van der Waals surface area contributed by atoms with E-state index in [0.717, 1.165) is 5.56 Å². The number of halogens is 1. The van der Waals surface area contributed by atoms with Gasteiger partial charge in [0, 0.05) is 18.1 Å². The summed E-state index contributed by atoms with van der Waals surface area (Å²) >= 11 is 5.86. The maximum absolute atomic E-state index is 13.1. The Morgan fingerprint density at radius 1 is 1.12 bits per heavy atom. The van der Waals surface area contributed by atoms with Crippen molar-refractivity contribution in [1.82, 2.24) is 9.62 Å². The number of rotatable bonds is 6. The van der Waals surface area contributed by atoms with Crippen molar-refractivity contribution in [2.75, 3.05) is 13.1 Å².